The molecule has 34 heavy (non-hydrogen) atoms. The maximum atomic E-state index is 13.7. The summed E-state index contributed by atoms with van der Waals surface area (Å²) in [6, 6.07) is 13.9. The van der Waals surface area contributed by atoms with E-state index in [1.54, 1.807) is 37.4 Å². The van der Waals surface area contributed by atoms with Crippen LogP contribution in [0.1, 0.15) is 11.1 Å². The van der Waals surface area contributed by atoms with Crippen LogP contribution in [0, 0.1) is 6.92 Å². The highest BCUT2D eigenvalue weighted by molar-refractivity contribution is 6.01. The molecule has 0 atom stereocenters. The van der Waals surface area contributed by atoms with Crippen LogP contribution in [0.25, 0.3) is 10.9 Å². The van der Waals surface area contributed by atoms with E-state index < -0.39 is 23.5 Å². The molecule has 0 spiro atoms. The van der Waals surface area contributed by atoms with Gasteiger partial charge in [-0.05, 0) is 42.8 Å². The molecule has 0 radical (unpaired) electrons. The van der Waals surface area contributed by atoms with Crippen molar-refractivity contribution in [1.29, 1.82) is 0 Å². The SMILES string of the molecule is C=CC(=O)Nc1cc(C)ccc1Nc1nc(Nc2ccnc3ccccc23)ncc1C(F)(F)F. The van der Waals surface area contributed by atoms with Crippen LogP contribution in [0.5, 0.6) is 0 Å². The van der Waals surface area contributed by atoms with Gasteiger partial charge in [-0.1, -0.05) is 30.8 Å². The van der Waals surface area contributed by atoms with Crippen LogP contribution in [0.4, 0.5) is 42.0 Å². The molecule has 0 saturated heterocycles. The molecule has 2 aromatic heterocycles. The Morgan fingerprint density at radius 2 is 1.79 bits per heavy atom. The van der Waals surface area contributed by atoms with E-state index in [0.717, 1.165) is 17.0 Å². The quantitative estimate of drug-likeness (QED) is 0.305. The third-order valence-electron chi connectivity index (χ3n) is 4.86. The summed E-state index contributed by atoms with van der Waals surface area (Å²) in [5.74, 6) is -1.02. The largest absolute Gasteiger partial charge is 0.421 e. The Balaban J connectivity index is 1.74. The number of nitrogens with one attached hydrogen (secondary N) is 3. The number of para-hydroxylation sites is 1. The van der Waals surface area contributed by atoms with Crippen molar-refractivity contribution in [1.82, 2.24) is 15.0 Å². The number of hydrogen-bond acceptors (Lipinski definition) is 6. The van der Waals surface area contributed by atoms with Crippen molar-refractivity contribution in [2.45, 2.75) is 13.1 Å². The first kappa shape index (κ1) is 22.7. The van der Waals surface area contributed by atoms with E-state index in [2.05, 4.69) is 37.5 Å². The lowest BCUT2D eigenvalue weighted by Crippen LogP contribution is -2.14. The topological polar surface area (TPSA) is 91.8 Å². The minimum Gasteiger partial charge on any atom is -0.338 e. The van der Waals surface area contributed by atoms with Gasteiger partial charge in [-0.2, -0.15) is 18.2 Å². The number of pyridine rings is 1. The van der Waals surface area contributed by atoms with Crippen molar-refractivity contribution in [3.63, 3.8) is 0 Å². The van der Waals surface area contributed by atoms with Gasteiger partial charge in [0.05, 0.1) is 22.6 Å². The normalized spacial score (nSPS) is 11.2. The number of carbonyl (C=O) groups is 1. The first-order valence-corrected chi connectivity index (χ1v) is 10.1. The van der Waals surface area contributed by atoms with E-state index in [1.807, 2.05) is 24.3 Å². The van der Waals surface area contributed by atoms with Gasteiger partial charge in [0.2, 0.25) is 11.9 Å². The molecule has 4 rings (SSSR count). The lowest BCUT2D eigenvalue weighted by atomic mass is 10.1. The van der Waals surface area contributed by atoms with Crippen LogP contribution in [-0.4, -0.2) is 20.9 Å². The molecule has 172 valence electrons. The lowest BCUT2D eigenvalue weighted by molar-refractivity contribution is -0.137. The van der Waals surface area contributed by atoms with Gasteiger partial charge in [0, 0.05) is 17.8 Å². The Labute approximate surface area is 192 Å². The number of aryl methyl sites for hydroxylation is 1. The number of aromatic nitrogens is 3. The van der Waals surface area contributed by atoms with E-state index in [-0.39, 0.29) is 17.3 Å². The second kappa shape index (κ2) is 9.18. The molecule has 1 amide bonds. The molecule has 7 nitrogen and oxygen atoms in total. The Kier molecular flexibility index (Phi) is 6.13. The summed E-state index contributed by atoms with van der Waals surface area (Å²) in [5.41, 5.74) is 1.55. The van der Waals surface area contributed by atoms with Gasteiger partial charge in [-0.15, -0.1) is 0 Å². The minimum absolute atomic E-state index is 0.0457. The van der Waals surface area contributed by atoms with Crippen LogP contribution in [-0.2, 0) is 11.0 Å². The number of alkyl halides is 3. The summed E-state index contributed by atoms with van der Waals surface area (Å²) in [7, 11) is 0. The van der Waals surface area contributed by atoms with E-state index in [9.17, 15) is 18.0 Å². The molecular weight excluding hydrogens is 445 g/mol. The van der Waals surface area contributed by atoms with Crippen molar-refractivity contribution in [3.8, 4) is 0 Å². The van der Waals surface area contributed by atoms with E-state index in [1.165, 1.54) is 0 Å². The van der Waals surface area contributed by atoms with Gasteiger partial charge in [-0.25, -0.2) is 4.98 Å². The van der Waals surface area contributed by atoms with Crippen molar-refractivity contribution in [2.24, 2.45) is 0 Å². The van der Waals surface area contributed by atoms with Gasteiger partial charge in [0.25, 0.3) is 0 Å². The summed E-state index contributed by atoms with van der Waals surface area (Å²) in [4.78, 5) is 24.0. The van der Waals surface area contributed by atoms with Crippen molar-refractivity contribution in [3.05, 3.63) is 84.7 Å². The van der Waals surface area contributed by atoms with Crippen LogP contribution >= 0.6 is 0 Å². The van der Waals surface area contributed by atoms with Crippen molar-refractivity contribution >= 4 is 45.6 Å². The maximum Gasteiger partial charge on any atom is 0.421 e. The average Bonchev–Trinajstić information content (AvgIpc) is 2.80. The summed E-state index contributed by atoms with van der Waals surface area (Å²) in [5, 5.41) is 9.01. The Morgan fingerprint density at radius 1 is 1.00 bits per heavy atom. The fourth-order valence-electron chi connectivity index (χ4n) is 3.25. The number of benzene rings is 2. The number of anilines is 5. The number of rotatable bonds is 6. The highest BCUT2D eigenvalue weighted by Crippen LogP contribution is 2.37. The van der Waals surface area contributed by atoms with Crippen LogP contribution in [0.3, 0.4) is 0 Å². The second-order valence-corrected chi connectivity index (χ2v) is 7.32. The molecule has 0 aliphatic heterocycles. The van der Waals surface area contributed by atoms with Gasteiger partial charge >= 0.3 is 6.18 Å². The number of fused-ring (bicyclic) bond motifs is 1. The zero-order chi connectivity index (χ0) is 24.3. The van der Waals surface area contributed by atoms with Gasteiger partial charge in [-0.3, -0.25) is 9.78 Å². The van der Waals surface area contributed by atoms with Gasteiger partial charge in [0.15, 0.2) is 0 Å². The number of hydrogen-bond donors (Lipinski definition) is 3. The second-order valence-electron chi connectivity index (χ2n) is 7.32. The molecule has 0 aliphatic carbocycles. The third-order valence-corrected chi connectivity index (χ3v) is 4.86. The standard InChI is InChI=1S/C24H19F3N6O/c1-3-21(34)30-20-12-14(2)8-9-19(20)31-22-16(24(25,26)27)13-29-23(33-22)32-18-10-11-28-17-7-5-4-6-15(17)18/h3-13H,1H2,2H3,(H,30,34)(H2,28,29,31,32,33). The Bertz CT molecular complexity index is 1380. The van der Waals surface area contributed by atoms with E-state index in [4.69, 9.17) is 0 Å². The molecule has 0 unspecified atom stereocenters. The number of halogens is 3. The fraction of sp³-hybridized carbons (Fsp3) is 0.0833. The molecular formula is C24H19F3N6O. The van der Waals surface area contributed by atoms with Crippen molar-refractivity contribution < 1.29 is 18.0 Å². The highest BCUT2D eigenvalue weighted by Gasteiger charge is 2.35. The molecule has 0 saturated carbocycles. The molecule has 4 aromatic rings. The van der Waals surface area contributed by atoms with Crippen LogP contribution in [0.15, 0.2) is 73.6 Å². The number of carbonyl (C=O) groups excluding carboxylic acids is 1. The maximum absolute atomic E-state index is 13.7. The lowest BCUT2D eigenvalue weighted by Gasteiger charge is -2.17. The average molecular weight is 464 g/mol. The first-order valence-electron chi connectivity index (χ1n) is 10.1. The summed E-state index contributed by atoms with van der Waals surface area (Å²) in [6.45, 7) is 5.19. The Hall–Kier alpha value is -4.47. The summed E-state index contributed by atoms with van der Waals surface area (Å²) < 4.78 is 41.1. The van der Waals surface area contributed by atoms with Crippen LogP contribution in [0.2, 0.25) is 0 Å². The summed E-state index contributed by atoms with van der Waals surface area (Å²) >= 11 is 0. The zero-order valence-electron chi connectivity index (χ0n) is 17.9. The molecule has 2 heterocycles. The highest BCUT2D eigenvalue weighted by atomic mass is 19.4. The fourth-order valence-corrected chi connectivity index (χ4v) is 3.25. The number of nitrogens with zero attached hydrogens (tertiary/aromatic N) is 3. The van der Waals surface area contributed by atoms with E-state index >= 15 is 0 Å². The molecule has 0 bridgehead atoms. The monoisotopic (exact) mass is 464 g/mol. The predicted molar refractivity (Wildman–Crippen MR) is 125 cm³/mol. The van der Waals surface area contributed by atoms with Crippen LogP contribution < -0.4 is 16.0 Å². The molecule has 0 aliphatic rings. The predicted octanol–water partition coefficient (Wildman–Crippen LogP) is 5.96. The smallest absolute Gasteiger partial charge is 0.338 e. The number of amides is 1. The Morgan fingerprint density at radius 3 is 2.56 bits per heavy atom. The molecule has 3 N–H and O–H groups in total. The molecule has 2 aromatic carbocycles. The van der Waals surface area contributed by atoms with Gasteiger partial charge < -0.3 is 16.0 Å². The van der Waals surface area contributed by atoms with Gasteiger partial charge in [0.1, 0.15) is 11.4 Å². The van der Waals surface area contributed by atoms with E-state index in [0.29, 0.717) is 17.4 Å². The molecule has 10 heteroatoms. The third kappa shape index (κ3) is 4.96. The zero-order valence-corrected chi connectivity index (χ0v) is 17.9. The molecule has 0 fully saturated rings. The van der Waals surface area contributed by atoms with Crippen molar-refractivity contribution in [2.75, 3.05) is 16.0 Å². The first-order chi connectivity index (χ1) is 16.2. The minimum atomic E-state index is -4.71. The summed E-state index contributed by atoms with van der Waals surface area (Å²) in [6.07, 6.45) is -1.36.